The number of amides is 1. The summed E-state index contributed by atoms with van der Waals surface area (Å²) < 4.78 is 0.910. The van der Waals surface area contributed by atoms with E-state index in [0.717, 1.165) is 9.99 Å². The van der Waals surface area contributed by atoms with Gasteiger partial charge in [0, 0.05) is 5.75 Å². The van der Waals surface area contributed by atoms with Gasteiger partial charge in [-0.3, -0.25) is 4.79 Å². The molecule has 18 heavy (non-hydrogen) atoms. The van der Waals surface area contributed by atoms with Gasteiger partial charge in [0.25, 0.3) is 5.91 Å². The first-order valence-corrected chi connectivity index (χ1v) is 7.46. The molecular formula is C13H16N2OS2. The number of nitrogens with two attached hydrogens (primary N) is 1. The van der Waals surface area contributed by atoms with Gasteiger partial charge in [-0.05, 0) is 19.4 Å². The maximum atomic E-state index is 11.7. The quantitative estimate of drug-likeness (QED) is 0.893. The Morgan fingerprint density at radius 3 is 2.67 bits per heavy atom. The number of hydrogen-bond donors (Lipinski definition) is 2. The number of hydrogen-bond acceptors (Lipinski definition) is 4. The summed E-state index contributed by atoms with van der Waals surface area (Å²) in [5.74, 6) is 0.655. The Labute approximate surface area is 116 Å². The van der Waals surface area contributed by atoms with Gasteiger partial charge in [-0.25, -0.2) is 0 Å². The van der Waals surface area contributed by atoms with Crippen LogP contribution in [0.4, 0.5) is 0 Å². The highest BCUT2D eigenvalue weighted by atomic mass is 32.2. The summed E-state index contributed by atoms with van der Waals surface area (Å²) >= 11 is 3.23. The third-order valence-electron chi connectivity index (χ3n) is 2.44. The predicted octanol–water partition coefficient (Wildman–Crippen LogP) is 2.65. The summed E-state index contributed by atoms with van der Waals surface area (Å²) in [7, 11) is 0. The zero-order valence-corrected chi connectivity index (χ0v) is 12.0. The molecule has 0 atom stereocenters. The molecule has 1 aromatic rings. The molecular weight excluding hydrogens is 264 g/mol. The Kier molecular flexibility index (Phi) is 3.92. The van der Waals surface area contributed by atoms with Crippen LogP contribution < -0.4 is 11.1 Å². The van der Waals surface area contributed by atoms with Gasteiger partial charge in [0.1, 0.15) is 5.70 Å². The van der Waals surface area contributed by atoms with Crippen LogP contribution in [0.25, 0.3) is 0 Å². The van der Waals surface area contributed by atoms with Crippen LogP contribution in [0.1, 0.15) is 19.4 Å². The first kappa shape index (κ1) is 13.4. The number of benzene rings is 1. The Morgan fingerprint density at radius 2 is 2.00 bits per heavy atom. The van der Waals surface area contributed by atoms with E-state index in [0.29, 0.717) is 5.70 Å². The fourth-order valence-corrected chi connectivity index (χ4v) is 4.16. The van der Waals surface area contributed by atoms with Crippen LogP contribution in [0, 0.1) is 0 Å². The van der Waals surface area contributed by atoms with Crippen molar-refractivity contribution in [1.29, 1.82) is 0 Å². The van der Waals surface area contributed by atoms with Crippen molar-refractivity contribution < 1.29 is 4.79 Å². The largest absolute Gasteiger partial charge is 0.393 e. The van der Waals surface area contributed by atoms with Crippen LogP contribution in [-0.4, -0.2) is 10.8 Å². The van der Waals surface area contributed by atoms with Gasteiger partial charge in [0.15, 0.2) is 0 Å². The van der Waals surface area contributed by atoms with E-state index < -0.39 is 0 Å². The van der Waals surface area contributed by atoms with E-state index in [4.69, 9.17) is 5.73 Å². The second kappa shape index (κ2) is 5.28. The fraction of sp³-hybridized carbons (Fsp3) is 0.308. The van der Waals surface area contributed by atoms with Crippen LogP contribution >= 0.6 is 23.5 Å². The Hall–Kier alpha value is -1.07. The number of carbonyl (C=O) groups excluding carboxylic acids is 1. The average Bonchev–Trinajstić information content (AvgIpc) is 2.33. The lowest BCUT2D eigenvalue weighted by atomic mass is 10.2. The van der Waals surface area contributed by atoms with Gasteiger partial charge in [-0.1, -0.05) is 42.1 Å². The maximum Gasteiger partial charge on any atom is 0.269 e. The second-order valence-corrected chi connectivity index (χ2v) is 7.42. The van der Waals surface area contributed by atoms with Crippen molar-refractivity contribution in [3.05, 3.63) is 45.8 Å². The lowest BCUT2D eigenvalue weighted by molar-refractivity contribution is -0.118. The molecule has 1 aliphatic heterocycles. The minimum atomic E-state index is -0.293. The standard InChI is InChI=1S/C13H16N2OS2/c1-13(2)15-11(16)10(14)12(18-13)17-8-9-6-4-3-5-7-9/h3-7H,8,14H2,1-2H3,(H,15,16). The topological polar surface area (TPSA) is 55.1 Å². The number of nitrogens with one attached hydrogen (secondary N) is 1. The third kappa shape index (κ3) is 3.23. The van der Waals surface area contributed by atoms with Gasteiger partial charge in [0.2, 0.25) is 0 Å². The predicted molar refractivity (Wildman–Crippen MR) is 78.8 cm³/mol. The molecule has 0 unspecified atom stereocenters. The van der Waals surface area contributed by atoms with Crippen LogP contribution in [0.15, 0.2) is 40.3 Å². The number of carbonyl (C=O) groups is 1. The van der Waals surface area contributed by atoms with E-state index in [-0.39, 0.29) is 10.8 Å². The molecule has 2 rings (SSSR count). The third-order valence-corrected chi connectivity index (χ3v) is 5.02. The smallest absolute Gasteiger partial charge is 0.269 e. The van der Waals surface area contributed by atoms with Crippen molar-refractivity contribution >= 4 is 29.4 Å². The normalized spacial score (nSPS) is 18.7. The highest BCUT2D eigenvalue weighted by molar-refractivity contribution is 8.22. The van der Waals surface area contributed by atoms with Crippen LogP contribution in [-0.2, 0) is 10.5 Å². The zero-order chi connectivity index (χ0) is 13.2. The van der Waals surface area contributed by atoms with E-state index in [9.17, 15) is 4.79 Å². The summed E-state index contributed by atoms with van der Waals surface area (Å²) in [6, 6.07) is 10.2. The molecule has 1 heterocycles. The summed E-state index contributed by atoms with van der Waals surface area (Å²) in [4.78, 5) is 11.4. The molecule has 0 fully saturated rings. The van der Waals surface area contributed by atoms with Crippen molar-refractivity contribution in [2.75, 3.05) is 0 Å². The molecule has 96 valence electrons. The minimum absolute atomic E-state index is 0.172. The first-order valence-electron chi connectivity index (χ1n) is 5.66. The van der Waals surface area contributed by atoms with E-state index in [1.807, 2.05) is 32.0 Å². The van der Waals surface area contributed by atoms with Crippen LogP contribution in [0.2, 0.25) is 0 Å². The number of rotatable bonds is 3. The Balaban J connectivity index is 2.08. The molecule has 0 saturated heterocycles. The van der Waals surface area contributed by atoms with E-state index >= 15 is 0 Å². The summed E-state index contributed by atoms with van der Waals surface area (Å²) in [5.41, 5.74) is 7.40. The summed E-state index contributed by atoms with van der Waals surface area (Å²) in [6.07, 6.45) is 0. The Bertz CT molecular complexity index is 483. The molecule has 3 nitrogen and oxygen atoms in total. The van der Waals surface area contributed by atoms with Crippen molar-refractivity contribution in [3.8, 4) is 0 Å². The van der Waals surface area contributed by atoms with Gasteiger partial charge in [0.05, 0.1) is 9.11 Å². The molecule has 1 aliphatic rings. The molecule has 3 N–H and O–H groups in total. The highest BCUT2D eigenvalue weighted by Gasteiger charge is 2.31. The van der Waals surface area contributed by atoms with Crippen LogP contribution in [0.5, 0.6) is 0 Å². The van der Waals surface area contributed by atoms with Gasteiger partial charge >= 0.3 is 0 Å². The molecule has 0 saturated carbocycles. The average molecular weight is 280 g/mol. The molecule has 0 radical (unpaired) electrons. The lowest BCUT2D eigenvalue weighted by Crippen LogP contribution is -2.46. The fourth-order valence-electron chi connectivity index (χ4n) is 1.58. The molecule has 1 amide bonds. The van der Waals surface area contributed by atoms with Crippen molar-refractivity contribution in [3.63, 3.8) is 0 Å². The molecule has 0 aromatic heterocycles. The van der Waals surface area contributed by atoms with E-state index in [1.165, 1.54) is 5.56 Å². The SMILES string of the molecule is CC1(C)NC(=O)C(N)=C(SCc2ccccc2)S1. The minimum Gasteiger partial charge on any atom is -0.393 e. The molecule has 5 heteroatoms. The van der Waals surface area contributed by atoms with Gasteiger partial charge < -0.3 is 11.1 Å². The second-order valence-electron chi connectivity index (χ2n) is 4.54. The summed E-state index contributed by atoms with van der Waals surface area (Å²) in [5, 5.41) is 2.86. The molecule has 0 spiro atoms. The number of thioether (sulfide) groups is 2. The van der Waals surface area contributed by atoms with Crippen molar-refractivity contribution in [1.82, 2.24) is 5.32 Å². The van der Waals surface area contributed by atoms with Crippen molar-refractivity contribution in [2.45, 2.75) is 24.5 Å². The summed E-state index contributed by atoms with van der Waals surface area (Å²) in [6.45, 7) is 3.95. The van der Waals surface area contributed by atoms with Crippen LogP contribution in [0.3, 0.4) is 0 Å². The first-order chi connectivity index (χ1) is 8.48. The molecule has 0 aliphatic carbocycles. The van der Waals surface area contributed by atoms with Crippen molar-refractivity contribution in [2.24, 2.45) is 5.73 Å². The molecule has 0 bridgehead atoms. The lowest BCUT2D eigenvalue weighted by Gasteiger charge is -2.31. The molecule has 1 aromatic carbocycles. The zero-order valence-electron chi connectivity index (χ0n) is 10.4. The Morgan fingerprint density at radius 1 is 1.33 bits per heavy atom. The van der Waals surface area contributed by atoms with E-state index in [2.05, 4.69) is 17.4 Å². The van der Waals surface area contributed by atoms with Gasteiger partial charge in [-0.15, -0.1) is 11.8 Å². The maximum absolute atomic E-state index is 11.7. The monoisotopic (exact) mass is 280 g/mol. The van der Waals surface area contributed by atoms with E-state index in [1.54, 1.807) is 23.5 Å². The highest BCUT2D eigenvalue weighted by Crippen LogP contribution is 2.42. The van der Waals surface area contributed by atoms with Gasteiger partial charge in [-0.2, -0.15) is 0 Å².